The highest BCUT2D eigenvalue weighted by Gasteiger charge is 2.22. The number of nitrogens with zero attached hydrogens (tertiary/aromatic N) is 2. The Balaban J connectivity index is 2.05. The number of piperazine rings is 1. The molecule has 1 atom stereocenters. The summed E-state index contributed by atoms with van der Waals surface area (Å²) in [5.41, 5.74) is 8.92. The molecule has 4 heteroatoms. The van der Waals surface area contributed by atoms with Crippen LogP contribution >= 0.6 is 0 Å². The van der Waals surface area contributed by atoms with E-state index in [4.69, 9.17) is 11.1 Å². The second-order valence-electron chi connectivity index (χ2n) is 5.83. The lowest BCUT2D eigenvalue weighted by Gasteiger charge is -2.39. The maximum atomic E-state index is 7.49. The molecule has 1 heterocycles. The number of aryl methyl sites for hydroxylation is 1. The maximum Gasteiger partial charge on any atom is 0.122 e. The van der Waals surface area contributed by atoms with Gasteiger partial charge in [-0.1, -0.05) is 19.1 Å². The molecular weight excluding hydrogens is 248 g/mol. The van der Waals surface area contributed by atoms with Gasteiger partial charge in [-0.3, -0.25) is 10.3 Å². The van der Waals surface area contributed by atoms with Gasteiger partial charge in [0.25, 0.3) is 0 Å². The van der Waals surface area contributed by atoms with Gasteiger partial charge in [-0.05, 0) is 37.6 Å². The van der Waals surface area contributed by atoms with Crippen LogP contribution in [0.3, 0.4) is 0 Å². The fraction of sp³-hybridized carbons (Fsp3) is 0.562. The summed E-state index contributed by atoms with van der Waals surface area (Å²) < 4.78 is 0. The molecule has 1 aromatic rings. The summed E-state index contributed by atoms with van der Waals surface area (Å²) in [6.45, 7) is 8.77. The number of rotatable bonds is 4. The van der Waals surface area contributed by atoms with E-state index in [1.807, 2.05) is 12.1 Å². The van der Waals surface area contributed by atoms with Crippen molar-refractivity contribution in [2.75, 3.05) is 26.7 Å². The summed E-state index contributed by atoms with van der Waals surface area (Å²) in [5.74, 6) is 0.144. The second-order valence-corrected chi connectivity index (χ2v) is 5.83. The molecule has 0 radical (unpaired) electrons. The first-order valence-electron chi connectivity index (χ1n) is 7.37. The Morgan fingerprint density at radius 2 is 2.15 bits per heavy atom. The minimum Gasteiger partial charge on any atom is -0.384 e. The zero-order valence-electron chi connectivity index (χ0n) is 12.8. The molecule has 0 aromatic heterocycles. The van der Waals surface area contributed by atoms with Crippen molar-refractivity contribution in [3.63, 3.8) is 0 Å². The first kappa shape index (κ1) is 15.0. The molecule has 0 saturated carbocycles. The quantitative estimate of drug-likeness (QED) is 0.650. The van der Waals surface area contributed by atoms with Gasteiger partial charge in [0.15, 0.2) is 0 Å². The lowest BCUT2D eigenvalue weighted by atomic mass is 10.0. The normalized spacial score (nSPS) is 21.1. The van der Waals surface area contributed by atoms with E-state index >= 15 is 0 Å². The summed E-state index contributed by atoms with van der Waals surface area (Å²) in [6, 6.07) is 6.76. The van der Waals surface area contributed by atoms with Crippen LogP contribution in [0.1, 0.15) is 30.0 Å². The van der Waals surface area contributed by atoms with E-state index in [1.165, 1.54) is 17.5 Å². The molecule has 1 aliphatic rings. The predicted octanol–water partition coefficient (Wildman–Crippen LogP) is 1.81. The van der Waals surface area contributed by atoms with Gasteiger partial charge in [0, 0.05) is 37.8 Å². The highest BCUT2D eigenvalue weighted by Crippen LogP contribution is 2.17. The molecule has 1 aliphatic heterocycles. The number of benzene rings is 1. The number of nitrogens with two attached hydrogens (primary N) is 1. The molecule has 0 bridgehead atoms. The van der Waals surface area contributed by atoms with Crippen LogP contribution in [0.5, 0.6) is 0 Å². The smallest absolute Gasteiger partial charge is 0.122 e. The Labute approximate surface area is 122 Å². The molecule has 1 unspecified atom stereocenters. The molecule has 110 valence electrons. The van der Waals surface area contributed by atoms with E-state index in [0.717, 1.165) is 31.7 Å². The fourth-order valence-electron chi connectivity index (χ4n) is 2.88. The summed E-state index contributed by atoms with van der Waals surface area (Å²) in [6.07, 6.45) is 1.20. The lowest BCUT2D eigenvalue weighted by Crippen LogP contribution is -2.50. The zero-order valence-corrected chi connectivity index (χ0v) is 12.8. The van der Waals surface area contributed by atoms with Gasteiger partial charge in [0.05, 0.1) is 0 Å². The standard InChI is InChI=1S/C16H26N4/c1-4-15-11-20(8-7-19(15)3)10-14-6-5-13(16(17)18)9-12(14)2/h5-6,9,15H,4,7-8,10-11H2,1-3H3,(H3,17,18). The first-order chi connectivity index (χ1) is 9.51. The summed E-state index contributed by atoms with van der Waals surface area (Å²) in [4.78, 5) is 4.99. The molecule has 20 heavy (non-hydrogen) atoms. The van der Waals surface area contributed by atoms with E-state index in [0.29, 0.717) is 6.04 Å². The van der Waals surface area contributed by atoms with E-state index in [2.05, 4.69) is 36.8 Å². The van der Waals surface area contributed by atoms with Crippen molar-refractivity contribution in [1.82, 2.24) is 9.80 Å². The average Bonchev–Trinajstić information content (AvgIpc) is 2.42. The van der Waals surface area contributed by atoms with Crippen LogP contribution in [0, 0.1) is 12.3 Å². The molecule has 0 spiro atoms. The van der Waals surface area contributed by atoms with Gasteiger partial charge in [0.2, 0.25) is 0 Å². The third-order valence-electron chi connectivity index (χ3n) is 4.38. The van der Waals surface area contributed by atoms with E-state index in [1.54, 1.807) is 0 Å². The third kappa shape index (κ3) is 3.38. The Morgan fingerprint density at radius 1 is 1.40 bits per heavy atom. The van der Waals surface area contributed by atoms with Gasteiger partial charge in [-0.2, -0.15) is 0 Å². The molecule has 0 amide bonds. The lowest BCUT2D eigenvalue weighted by molar-refractivity contribution is 0.0882. The van der Waals surface area contributed by atoms with Crippen molar-refractivity contribution in [2.24, 2.45) is 5.73 Å². The fourth-order valence-corrected chi connectivity index (χ4v) is 2.88. The van der Waals surface area contributed by atoms with Gasteiger partial charge >= 0.3 is 0 Å². The molecule has 3 N–H and O–H groups in total. The van der Waals surface area contributed by atoms with Gasteiger partial charge < -0.3 is 10.6 Å². The maximum absolute atomic E-state index is 7.49. The van der Waals surface area contributed by atoms with Gasteiger partial charge in [-0.25, -0.2) is 0 Å². The largest absolute Gasteiger partial charge is 0.384 e. The van der Waals surface area contributed by atoms with Crippen LogP contribution in [0.15, 0.2) is 18.2 Å². The Hall–Kier alpha value is -1.39. The van der Waals surface area contributed by atoms with Crippen molar-refractivity contribution in [1.29, 1.82) is 5.41 Å². The van der Waals surface area contributed by atoms with Crippen LogP contribution in [0.25, 0.3) is 0 Å². The highest BCUT2D eigenvalue weighted by molar-refractivity contribution is 5.95. The average molecular weight is 274 g/mol. The Morgan fingerprint density at radius 3 is 2.75 bits per heavy atom. The Bertz CT molecular complexity index is 483. The predicted molar refractivity (Wildman–Crippen MR) is 84.2 cm³/mol. The van der Waals surface area contributed by atoms with Crippen LogP contribution in [-0.2, 0) is 6.54 Å². The van der Waals surface area contributed by atoms with Crippen LogP contribution in [0.4, 0.5) is 0 Å². The van der Waals surface area contributed by atoms with Crippen LogP contribution in [-0.4, -0.2) is 48.4 Å². The molecule has 1 aromatic carbocycles. The van der Waals surface area contributed by atoms with Crippen LogP contribution < -0.4 is 5.73 Å². The van der Waals surface area contributed by atoms with Crippen molar-refractivity contribution < 1.29 is 0 Å². The van der Waals surface area contributed by atoms with E-state index in [-0.39, 0.29) is 5.84 Å². The summed E-state index contributed by atoms with van der Waals surface area (Å²) >= 11 is 0. The van der Waals surface area contributed by atoms with E-state index < -0.39 is 0 Å². The van der Waals surface area contributed by atoms with E-state index in [9.17, 15) is 0 Å². The number of nitrogen functional groups attached to an aromatic ring is 1. The molecule has 1 saturated heterocycles. The summed E-state index contributed by atoms with van der Waals surface area (Å²) in [5, 5.41) is 7.49. The van der Waals surface area contributed by atoms with Crippen molar-refractivity contribution >= 4 is 5.84 Å². The minimum atomic E-state index is 0.144. The molecule has 0 aliphatic carbocycles. The SMILES string of the molecule is CCC1CN(Cc2ccc(C(=N)N)cc2C)CCN1C. The third-order valence-corrected chi connectivity index (χ3v) is 4.38. The molecular formula is C16H26N4. The number of likely N-dealkylation sites (N-methyl/N-ethyl adjacent to an activating group) is 1. The monoisotopic (exact) mass is 274 g/mol. The summed E-state index contributed by atoms with van der Waals surface area (Å²) in [7, 11) is 2.22. The highest BCUT2D eigenvalue weighted by atomic mass is 15.3. The first-order valence-corrected chi connectivity index (χ1v) is 7.37. The number of hydrogen-bond acceptors (Lipinski definition) is 3. The molecule has 2 rings (SSSR count). The topological polar surface area (TPSA) is 56.4 Å². The van der Waals surface area contributed by atoms with Crippen molar-refractivity contribution in [2.45, 2.75) is 32.9 Å². The Kier molecular flexibility index (Phi) is 4.78. The molecule has 4 nitrogen and oxygen atoms in total. The second kappa shape index (κ2) is 6.37. The zero-order chi connectivity index (χ0) is 14.7. The minimum absolute atomic E-state index is 0.144. The van der Waals surface area contributed by atoms with Gasteiger partial charge in [0.1, 0.15) is 5.84 Å². The molecule has 1 fully saturated rings. The van der Waals surface area contributed by atoms with Crippen LogP contribution in [0.2, 0.25) is 0 Å². The van der Waals surface area contributed by atoms with Crippen molar-refractivity contribution in [3.8, 4) is 0 Å². The number of nitrogens with one attached hydrogen (secondary N) is 1. The number of amidine groups is 1. The van der Waals surface area contributed by atoms with Crippen molar-refractivity contribution in [3.05, 3.63) is 34.9 Å². The number of hydrogen-bond donors (Lipinski definition) is 2. The van der Waals surface area contributed by atoms with Gasteiger partial charge in [-0.15, -0.1) is 0 Å².